The Morgan fingerprint density at radius 1 is 0.462 bits per heavy atom. The fourth-order valence-corrected chi connectivity index (χ4v) is 3.55. The minimum atomic E-state index is -1.76. The van der Waals surface area contributed by atoms with Gasteiger partial charge in [-0.1, -0.05) is 26.3 Å². The third-order valence-corrected chi connectivity index (χ3v) is 6.33. The average molecular weight is 751 g/mol. The Morgan fingerprint density at radius 2 is 0.769 bits per heavy atom. The summed E-state index contributed by atoms with van der Waals surface area (Å²) in [6.45, 7) is 13.6. The smallest absolute Gasteiger partial charge is 0.333 e. The Morgan fingerprint density at radius 3 is 1.10 bits per heavy atom. The van der Waals surface area contributed by atoms with Gasteiger partial charge in [-0.15, -0.1) is 0 Å². The summed E-state index contributed by atoms with van der Waals surface area (Å²) >= 11 is 0. The molecule has 0 aromatic carbocycles. The minimum absolute atomic E-state index is 0.0627. The van der Waals surface area contributed by atoms with Gasteiger partial charge in [0.2, 0.25) is 0 Å². The van der Waals surface area contributed by atoms with Crippen LogP contribution in [0.5, 0.6) is 0 Å². The maximum Gasteiger partial charge on any atom is 0.333 e. The van der Waals surface area contributed by atoms with Gasteiger partial charge in [0.15, 0.2) is 0 Å². The first-order chi connectivity index (χ1) is 24.3. The first-order valence-electron chi connectivity index (χ1n) is 16.0. The van der Waals surface area contributed by atoms with Crippen LogP contribution in [0.25, 0.3) is 0 Å². The molecule has 0 aliphatic heterocycles. The lowest BCUT2D eigenvalue weighted by molar-refractivity contribution is -0.206. The van der Waals surface area contributed by atoms with Crippen LogP contribution in [0.15, 0.2) is 48.6 Å². The molecule has 0 saturated carbocycles. The molecule has 0 radical (unpaired) electrons. The van der Waals surface area contributed by atoms with Crippen molar-refractivity contribution in [1.82, 2.24) is 0 Å². The first-order valence-corrected chi connectivity index (χ1v) is 16.0. The fourth-order valence-electron chi connectivity index (χ4n) is 3.55. The molecule has 4 unspecified atom stereocenters. The highest BCUT2D eigenvalue weighted by Gasteiger charge is 2.38. The van der Waals surface area contributed by atoms with Crippen molar-refractivity contribution in [3.8, 4) is 0 Å². The summed E-state index contributed by atoms with van der Waals surface area (Å²) in [4.78, 5) is 47.1. The molecule has 0 aromatic rings. The average Bonchev–Trinajstić information content (AvgIpc) is 3.09. The zero-order valence-electron chi connectivity index (χ0n) is 30.1. The van der Waals surface area contributed by atoms with Gasteiger partial charge in [-0.3, -0.25) is 0 Å². The molecular formula is C34H54O18. The van der Waals surface area contributed by atoms with Crippen molar-refractivity contribution in [3.63, 3.8) is 0 Å². The predicted octanol–water partition coefficient (Wildman–Crippen LogP) is -1.57. The topological polar surface area (TPSA) is 263 Å². The lowest BCUT2D eigenvalue weighted by atomic mass is 10.0. The van der Waals surface area contributed by atoms with Gasteiger partial charge >= 0.3 is 23.9 Å². The van der Waals surface area contributed by atoms with Crippen molar-refractivity contribution in [1.29, 1.82) is 0 Å². The van der Waals surface area contributed by atoms with Crippen LogP contribution in [0.4, 0.5) is 0 Å². The second kappa shape index (κ2) is 26.2. The van der Waals surface area contributed by atoms with Crippen molar-refractivity contribution < 1.29 is 87.7 Å². The molecule has 0 heterocycles. The van der Waals surface area contributed by atoms with Gasteiger partial charge in [-0.25, -0.2) is 19.2 Å². The van der Waals surface area contributed by atoms with Crippen LogP contribution in [-0.2, 0) is 57.1 Å². The van der Waals surface area contributed by atoms with Crippen molar-refractivity contribution >= 4 is 23.9 Å². The van der Waals surface area contributed by atoms with Crippen LogP contribution >= 0.6 is 0 Å². The Balaban J connectivity index is 6.31. The third-order valence-electron chi connectivity index (χ3n) is 6.33. The highest BCUT2D eigenvalue weighted by Crippen LogP contribution is 2.19. The largest absolute Gasteiger partial charge is 0.460 e. The fraction of sp³-hybridized carbons (Fsp3) is 0.647. The number of carbonyl (C=O) groups is 4. The van der Waals surface area contributed by atoms with Crippen LogP contribution in [0, 0.1) is 0 Å². The molecular weight excluding hydrogens is 696 g/mol. The standard InChI is InChI=1S/C34H54O18/c1-19(2)31(41)49-14-23(36)10-45-18-28(46-11-24(37)15-50-32(42)20(3)4)30(48-13-26(39)17-52-34(44)22(7)8)29(27(40)9-35)47-12-25(38)16-51-33(43)21(5)6/h23-30,35-40H,1,3,5,7,9-18H2,2,4,6,8H3/t23?,24?,25?,26?,27-,28+,29+,30-/m1/s1. The number of hydrogen-bond donors (Lipinski definition) is 6. The highest BCUT2D eigenvalue weighted by atomic mass is 16.6. The quantitative estimate of drug-likeness (QED) is 0.0287. The van der Waals surface area contributed by atoms with E-state index >= 15 is 0 Å². The van der Waals surface area contributed by atoms with Gasteiger partial charge in [-0.2, -0.15) is 0 Å². The van der Waals surface area contributed by atoms with Gasteiger partial charge in [0.25, 0.3) is 0 Å². The van der Waals surface area contributed by atoms with Gasteiger partial charge in [0.1, 0.15) is 75.3 Å². The molecule has 0 amide bonds. The van der Waals surface area contributed by atoms with Gasteiger partial charge in [0, 0.05) is 22.3 Å². The van der Waals surface area contributed by atoms with E-state index in [1.54, 1.807) is 0 Å². The molecule has 0 rings (SSSR count). The number of rotatable bonds is 29. The summed E-state index contributed by atoms with van der Waals surface area (Å²) < 4.78 is 42.7. The van der Waals surface area contributed by atoms with Crippen molar-refractivity contribution in [2.75, 3.05) is 66.1 Å². The maximum atomic E-state index is 11.8. The second-order valence-electron chi connectivity index (χ2n) is 11.9. The van der Waals surface area contributed by atoms with Crippen LogP contribution in [-0.4, -0.2) is 169 Å². The molecule has 6 N–H and O–H groups in total. The summed E-state index contributed by atoms with van der Waals surface area (Å²) in [6.07, 6.45) is -12.0. The molecule has 18 nitrogen and oxygen atoms in total. The van der Waals surface area contributed by atoms with E-state index in [1.165, 1.54) is 27.7 Å². The van der Waals surface area contributed by atoms with Crippen molar-refractivity contribution in [3.05, 3.63) is 48.6 Å². The molecule has 298 valence electrons. The Bertz CT molecular complexity index is 1180. The Kier molecular flexibility index (Phi) is 24.4. The van der Waals surface area contributed by atoms with Gasteiger partial charge in [-0.05, 0) is 27.7 Å². The van der Waals surface area contributed by atoms with Crippen LogP contribution in [0.3, 0.4) is 0 Å². The van der Waals surface area contributed by atoms with Gasteiger partial charge < -0.3 is 68.5 Å². The summed E-state index contributed by atoms with van der Waals surface area (Å²) in [5.41, 5.74) is 0.298. The molecule has 0 aliphatic rings. The predicted molar refractivity (Wildman–Crippen MR) is 180 cm³/mol. The molecule has 0 bridgehead atoms. The Labute approximate surface area is 302 Å². The minimum Gasteiger partial charge on any atom is -0.460 e. The maximum absolute atomic E-state index is 11.8. The van der Waals surface area contributed by atoms with E-state index < -0.39 is 139 Å². The molecule has 0 fully saturated rings. The lowest BCUT2D eigenvalue weighted by Crippen LogP contribution is -2.53. The molecule has 8 atom stereocenters. The number of carbonyl (C=O) groups excluding carboxylic acids is 4. The van der Waals surface area contributed by atoms with E-state index in [-0.39, 0.29) is 22.3 Å². The van der Waals surface area contributed by atoms with E-state index in [9.17, 15) is 49.8 Å². The van der Waals surface area contributed by atoms with Crippen LogP contribution in [0.2, 0.25) is 0 Å². The van der Waals surface area contributed by atoms with E-state index in [1.807, 2.05) is 0 Å². The zero-order valence-corrected chi connectivity index (χ0v) is 30.1. The summed E-state index contributed by atoms with van der Waals surface area (Å²) in [5, 5.41) is 62.4. The van der Waals surface area contributed by atoms with Crippen LogP contribution in [0.1, 0.15) is 27.7 Å². The third kappa shape index (κ3) is 21.1. The monoisotopic (exact) mass is 750 g/mol. The summed E-state index contributed by atoms with van der Waals surface area (Å²) in [6, 6.07) is 0. The lowest BCUT2D eigenvalue weighted by Gasteiger charge is -2.36. The number of ether oxygens (including phenoxy) is 8. The molecule has 0 aliphatic carbocycles. The van der Waals surface area contributed by atoms with Crippen LogP contribution < -0.4 is 0 Å². The molecule has 0 aromatic heterocycles. The SMILES string of the molecule is C=C(C)C(=O)OCC(O)COC[C@H](OCC(O)COC(=O)C(=C)C)[C@@H](OCC(O)COC(=O)C(=C)C)[C@@H](OCC(O)COC(=O)C(=C)C)[C@H](O)CO. The molecule has 0 saturated heterocycles. The van der Waals surface area contributed by atoms with E-state index in [4.69, 9.17) is 37.9 Å². The van der Waals surface area contributed by atoms with Crippen molar-refractivity contribution in [2.24, 2.45) is 0 Å². The van der Waals surface area contributed by atoms with E-state index in [2.05, 4.69) is 26.3 Å². The number of esters is 4. The number of aliphatic hydroxyl groups excluding tert-OH is 6. The van der Waals surface area contributed by atoms with Crippen molar-refractivity contribution in [2.45, 2.75) is 76.5 Å². The molecule has 0 spiro atoms. The molecule has 18 heteroatoms. The van der Waals surface area contributed by atoms with E-state index in [0.29, 0.717) is 0 Å². The second-order valence-corrected chi connectivity index (χ2v) is 11.9. The Hall–Kier alpha value is -3.56. The van der Waals surface area contributed by atoms with Gasteiger partial charge in [0.05, 0.1) is 39.6 Å². The highest BCUT2D eigenvalue weighted by molar-refractivity contribution is 5.88. The summed E-state index contributed by atoms with van der Waals surface area (Å²) in [7, 11) is 0. The summed E-state index contributed by atoms with van der Waals surface area (Å²) in [5.74, 6) is -3.12. The number of aliphatic hydroxyl groups is 6. The number of hydrogen-bond acceptors (Lipinski definition) is 18. The zero-order chi connectivity index (χ0) is 40.0. The first kappa shape index (κ1) is 48.4. The normalized spacial score (nSPS) is 15.8. The van der Waals surface area contributed by atoms with E-state index in [0.717, 1.165) is 0 Å². The molecule has 52 heavy (non-hydrogen) atoms.